The van der Waals surface area contributed by atoms with Gasteiger partial charge < -0.3 is 15.1 Å². The van der Waals surface area contributed by atoms with Crippen LogP contribution in [0.4, 0.5) is 0 Å². The molecule has 5 heteroatoms. The van der Waals surface area contributed by atoms with E-state index < -0.39 is 11.4 Å². The van der Waals surface area contributed by atoms with E-state index in [9.17, 15) is 15.0 Å². The Balaban J connectivity index is 2.19. The molecule has 2 aliphatic rings. The number of aliphatic hydroxyl groups is 2. The highest BCUT2D eigenvalue weighted by molar-refractivity contribution is 7.99. The lowest BCUT2D eigenvalue weighted by atomic mass is 10.0. The number of rotatable bonds is 1. The number of thioether (sulfide) groups is 1. The van der Waals surface area contributed by atoms with Gasteiger partial charge in [-0.15, -0.1) is 0 Å². The zero-order valence-corrected chi connectivity index (χ0v) is 9.51. The fraction of sp³-hybridized carbons (Fsp3) is 0.700. The van der Waals surface area contributed by atoms with Gasteiger partial charge in [-0.1, -0.05) is 0 Å². The Labute approximate surface area is 93.0 Å². The number of Topliss-reactive ketones (excluding diaryl/α,β-unsaturated/α-hetero) is 1. The SMILES string of the molecule is CC1(O)CC(N2CCSCC2)=C(O)C1=O. The maximum absolute atomic E-state index is 11.5. The van der Waals surface area contributed by atoms with E-state index in [0.717, 1.165) is 24.6 Å². The monoisotopic (exact) mass is 229 g/mol. The van der Waals surface area contributed by atoms with Gasteiger partial charge in [0.25, 0.3) is 0 Å². The predicted octanol–water partition coefficient (Wildman–Crippen LogP) is 0.529. The summed E-state index contributed by atoms with van der Waals surface area (Å²) < 4.78 is 0. The van der Waals surface area contributed by atoms with Crippen LogP contribution in [0.5, 0.6) is 0 Å². The second kappa shape index (κ2) is 3.72. The first-order valence-electron chi connectivity index (χ1n) is 5.04. The molecule has 4 nitrogen and oxygen atoms in total. The van der Waals surface area contributed by atoms with E-state index in [0.29, 0.717) is 5.70 Å². The van der Waals surface area contributed by atoms with Crippen molar-refractivity contribution < 1.29 is 15.0 Å². The fourth-order valence-corrected chi connectivity index (χ4v) is 2.87. The topological polar surface area (TPSA) is 60.8 Å². The third kappa shape index (κ3) is 1.86. The molecule has 0 saturated carbocycles. The van der Waals surface area contributed by atoms with E-state index in [1.54, 1.807) is 0 Å². The number of nitrogens with zero attached hydrogens (tertiary/aromatic N) is 1. The molecule has 0 aromatic rings. The van der Waals surface area contributed by atoms with Crippen LogP contribution in [0.1, 0.15) is 13.3 Å². The Morgan fingerprint density at radius 1 is 1.40 bits per heavy atom. The van der Waals surface area contributed by atoms with Gasteiger partial charge in [0.2, 0.25) is 5.78 Å². The lowest BCUT2D eigenvalue weighted by Crippen LogP contribution is -2.34. The Morgan fingerprint density at radius 3 is 2.47 bits per heavy atom. The molecule has 1 atom stereocenters. The summed E-state index contributed by atoms with van der Waals surface area (Å²) in [6.45, 7) is 3.14. The van der Waals surface area contributed by atoms with Crippen molar-refractivity contribution in [1.29, 1.82) is 0 Å². The minimum atomic E-state index is -1.41. The minimum Gasteiger partial charge on any atom is -0.503 e. The molecule has 15 heavy (non-hydrogen) atoms. The van der Waals surface area contributed by atoms with Gasteiger partial charge >= 0.3 is 0 Å². The third-order valence-electron chi connectivity index (χ3n) is 2.88. The summed E-state index contributed by atoms with van der Waals surface area (Å²) in [4.78, 5) is 13.5. The van der Waals surface area contributed by atoms with Gasteiger partial charge in [-0.05, 0) is 6.92 Å². The largest absolute Gasteiger partial charge is 0.503 e. The summed E-state index contributed by atoms with van der Waals surface area (Å²) in [7, 11) is 0. The van der Waals surface area contributed by atoms with E-state index in [-0.39, 0.29) is 12.2 Å². The Kier molecular flexibility index (Phi) is 2.68. The third-order valence-corrected chi connectivity index (χ3v) is 3.82. The van der Waals surface area contributed by atoms with Gasteiger partial charge in [0, 0.05) is 31.0 Å². The van der Waals surface area contributed by atoms with Gasteiger partial charge in [0.15, 0.2) is 5.76 Å². The van der Waals surface area contributed by atoms with Crippen LogP contribution in [0.2, 0.25) is 0 Å². The van der Waals surface area contributed by atoms with Crippen molar-refractivity contribution in [3.05, 3.63) is 11.5 Å². The minimum absolute atomic E-state index is 0.238. The van der Waals surface area contributed by atoms with E-state index in [1.165, 1.54) is 6.92 Å². The maximum Gasteiger partial charge on any atom is 0.230 e. The van der Waals surface area contributed by atoms with Crippen LogP contribution in [-0.2, 0) is 4.79 Å². The smallest absolute Gasteiger partial charge is 0.230 e. The lowest BCUT2D eigenvalue weighted by Gasteiger charge is -2.30. The molecule has 2 N–H and O–H groups in total. The van der Waals surface area contributed by atoms with Crippen LogP contribution < -0.4 is 0 Å². The zero-order valence-electron chi connectivity index (χ0n) is 8.69. The quantitative estimate of drug-likeness (QED) is 0.687. The summed E-state index contributed by atoms with van der Waals surface area (Å²) in [5.74, 6) is 1.22. The first-order valence-corrected chi connectivity index (χ1v) is 6.20. The molecule has 0 amide bonds. The van der Waals surface area contributed by atoms with E-state index in [2.05, 4.69) is 0 Å². The molecule has 0 spiro atoms. The van der Waals surface area contributed by atoms with Crippen molar-refractivity contribution in [2.24, 2.45) is 0 Å². The Morgan fingerprint density at radius 2 is 2.00 bits per heavy atom. The standard InChI is InChI=1S/C10H15NO3S/c1-10(14)6-7(8(12)9(10)13)11-2-4-15-5-3-11/h12,14H,2-6H2,1H3. The molecular formula is C10H15NO3S. The molecule has 1 unspecified atom stereocenters. The molecule has 0 aromatic carbocycles. The van der Waals surface area contributed by atoms with Gasteiger partial charge in [0.1, 0.15) is 5.60 Å². The van der Waals surface area contributed by atoms with Gasteiger partial charge in [-0.25, -0.2) is 0 Å². The van der Waals surface area contributed by atoms with Crippen LogP contribution in [0.25, 0.3) is 0 Å². The number of aliphatic hydroxyl groups excluding tert-OH is 1. The average molecular weight is 229 g/mol. The van der Waals surface area contributed by atoms with Gasteiger partial charge in [-0.3, -0.25) is 4.79 Å². The van der Waals surface area contributed by atoms with Crippen LogP contribution in [0, 0.1) is 0 Å². The normalized spacial score (nSPS) is 32.7. The molecule has 84 valence electrons. The predicted molar refractivity (Wildman–Crippen MR) is 58.8 cm³/mol. The van der Waals surface area contributed by atoms with E-state index in [1.807, 2.05) is 16.7 Å². The second-order valence-electron chi connectivity index (χ2n) is 4.17. The van der Waals surface area contributed by atoms with Crippen LogP contribution in [0.3, 0.4) is 0 Å². The number of carbonyl (C=O) groups is 1. The summed E-state index contributed by atoms with van der Waals surface area (Å²) >= 11 is 1.87. The lowest BCUT2D eigenvalue weighted by molar-refractivity contribution is -0.132. The molecule has 2 rings (SSSR count). The number of hydrogen-bond acceptors (Lipinski definition) is 5. The molecule has 0 bridgehead atoms. The van der Waals surface area contributed by atoms with Crippen molar-refractivity contribution in [2.75, 3.05) is 24.6 Å². The van der Waals surface area contributed by atoms with Crippen molar-refractivity contribution in [1.82, 2.24) is 4.90 Å². The molecule has 1 heterocycles. The summed E-state index contributed by atoms with van der Waals surface area (Å²) in [5, 5.41) is 19.4. The van der Waals surface area contributed by atoms with Crippen LogP contribution in [0.15, 0.2) is 11.5 Å². The van der Waals surface area contributed by atoms with Gasteiger partial charge in [-0.2, -0.15) is 11.8 Å². The van der Waals surface area contributed by atoms with Crippen molar-refractivity contribution in [2.45, 2.75) is 18.9 Å². The molecule has 0 radical (unpaired) electrons. The maximum atomic E-state index is 11.5. The van der Waals surface area contributed by atoms with E-state index >= 15 is 0 Å². The summed E-state index contributed by atoms with van der Waals surface area (Å²) in [6.07, 6.45) is 0.238. The molecule has 1 saturated heterocycles. The second-order valence-corrected chi connectivity index (χ2v) is 5.40. The van der Waals surface area contributed by atoms with Crippen molar-refractivity contribution >= 4 is 17.5 Å². The van der Waals surface area contributed by atoms with E-state index in [4.69, 9.17) is 0 Å². The number of hydrogen-bond donors (Lipinski definition) is 2. The summed E-state index contributed by atoms with van der Waals surface area (Å²) in [5.41, 5.74) is -0.797. The molecule has 0 aromatic heterocycles. The summed E-state index contributed by atoms with van der Waals surface area (Å²) in [6, 6.07) is 0. The highest BCUT2D eigenvalue weighted by Gasteiger charge is 2.44. The fourth-order valence-electron chi connectivity index (χ4n) is 1.97. The molecule has 1 fully saturated rings. The average Bonchev–Trinajstić information content (AvgIpc) is 2.44. The number of carbonyl (C=O) groups excluding carboxylic acids is 1. The van der Waals surface area contributed by atoms with Crippen LogP contribution >= 0.6 is 11.8 Å². The highest BCUT2D eigenvalue weighted by atomic mass is 32.2. The Hall–Kier alpha value is -0.680. The Bertz CT molecular complexity index is 319. The molecule has 1 aliphatic carbocycles. The molecular weight excluding hydrogens is 214 g/mol. The highest BCUT2D eigenvalue weighted by Crippen LogP contribution is 2.33. The first kappa shape index (κ1) is 10.8. The van der Waals surface area contributed by atoms with Crippen LogP contribution in [-0.4, -0.2) is 51.1 Å². The molecule has 1 aliphatic heterocycles. The van der Waals surface area contributed by atoms with Crippen molar-refractivity contribution in [3.8, 4) is 0 Å². The van der Waals surface area contributed by atoms with Gasteiger partial charge in [0.05, 0.1) is 5.70 Å². The number of ketones is 1. The van der Waals surface area contributed by atoms with Crippen molar-refractivity contribution in [3.63, 3.8) is 0 Å². The first-order chi connectivity index (χ1) is 7.02. The zero-order chi connectivity index (χ0) is 11.1.